The Hall–Kier alpha value is -0.990. The van der Waals surface area contributed by atoms with Gasteiger partial charge in [0.1, 0.15) is 11.6 Å². The average molecular weight is 251 g/mol. The summed E-state index contributed by atoms with van der Waals surface area (Å²) in [6.45, 7) is 8.78. The van der Waals surface area contributed by atoms with Crippen LogP contribution in [-0.2, 0) is 18.9 Å². The molecule has 0 saturated carbocycles. The molecule has 0 amide bonds. The zero-order chi connectivity index (χ0) is 13.8. The SMILES string of the molecule is CCCCCCCc1nc(C(C)(C)C)n(C)c1N. The van der Waals surface area contributed by atoms with E-state index >= 15 is 0 Å². The van der Waals surface area contributed by atoms with E-state index < -0.39 is 0 Å². The van der Waals surface area contributed by atoms with Gasteiger partial charge < -0.3 is 10.3 Å². The Morgan fingerprint density at radius 3 is 2.22 bits per heavy atom. The summed E-state index contributed by atoms with van der Waals surface area (Å²) in [6.07, 6.45) is 7.46. The molecule has 3 heteroatoms. The maximum Gasteiger partial charge on any atom is 0.126 e. The normalized spacial score (nSPS) is 12.1. The van der Waals surface area contributed by atoms with Gasteiger partial charge in [-0.3, -0.25) is 0 Å². The van der Waals surface area contributed by atoms with Gasteiger partial charge >= 0.3 is 0 Å². The van der Waals surface area contributed by atoms with E-state index in [0.717, 1.165) is 23.8 Å². The number of aromatic nitrogens is 2. The molecule has 0 aliphatic carbocycles. The number of unbranched alkanes of at least 4 members (excludes halogenated alkanes) is 4. The van der Waals surface area contributed by atoms with Crippen molar-refractivity contribution in [1.29, 1.82) is 0 Å². The number of hydrogen-bond donors (Lipinski definition) is 1. The number of nitrogens with two attached hydrogens (primary N) is 1. The minimum absolute atomic E-state index is 0.0589. The van der Waals surface area contributed by atoms with Gasteiger partial charge in [0.2, 0.25) is 0 Å². The topological polar surface area (TPSA) is 43.8 Å². The van der Waals surface area contributed by atoms with E-state index in [-0.39, 0.29) is 5.41 Å². The van der Waals surface area contributed by atoms with Gasteiger partial charge in [-0.25, -0.2) is 4.98 Å². The van der Waals surface area contributed by atoms with Gasteiger partial charge in [0, 0.05) is 12.5 Å². The van der Waals surface area contributed by atoms with Crippen molar-refractivity contribution in [2.75, 3.05) is 5.73 Å². The first kappa shape index (κ1) is 15.1. The molecule has 0 atom stereocenters. The summed E-state index contributed by atoms with van der Waals surface area (Å²) in [5.41, 5.74) is 7.28. The monoisotopic (exact) mass is 251 g/mol. The Labute approximate surface area is 112 Å². The van der Waals surface area contributed by atoms with Crippen LogP contribution in [0.1, 0.15) is 71.3 Å². The molecule has 0 unspecified atom stereocenters. The molecule has 0 saturated heterocycles. The summed E-state index contributed by atoms with van der Waals surface area (Å²) in [6, 6.07) is 0. The highest BCUT2D eigenvalue weighted by atomic mass is 15.1. The predicted molar refractivity (Wildman–Crippen MR) is 78.8 cm³/mol. The second kappa shape index (κ2) is 6.26. The summed E-state index contributed by atoms with van der Waals surface area (Å²) < 4.78 is 2.04. The second-order valence-corrected chi connectivity index (χ2v) is 6.24. The lowest BCUT2D eigenvalue weighted by Gasteiger charge is -2.17. The van der Waals surface area contributed by atoms with Crippen LogP contribution < -0.4 is 5.73 Å². The van der Waals surface area contributed by atoms with E-state index in [4.69, 9.17) is 10.7 Å². The maximum atomic E-state index is 6.14. The summed E-state index contributed by atoms with van der Waals surface area (Å²) in [5.74, 6) is 1.93. The van der Waals surface area contributed by atoms with E-state index in [1.165, 1.54) is 32.1 Å². The summed E-state index contributed by atoms with van der Waals surface area (Å²) >= 11 is 0. The second-order valence-electron chi connectivity index (χ2n) is 6.24. The molecule has 1 aromatic rings. The molecule has 0 spiro atoms. The zero-order valence-electron chi connectivity index (χ0n) is 12.7. The molecule has 104 valence electrons. The summed E-state index contributed by atoms with van der Waals surface area (Å²) in [5, 5.41) is 0. The Kier molecular flexibility index (Phi) is 5.24. The van der Waals surface area contributed by atoms with Gasteiger partial charge in [-0.05, 0) is 12.8 Å². The predicted octanol–water partition coefficient (Wildman–Crippen LogP) is 3.81. The number of rotatable bonds is 6. The molecule has 0 fully saturated rings. The third kappa shape index (κ3) is 3.76. The van der Waals surface area contributed by atoms with Crippen LogP contribution in [0.5, 0.6) is 0 Å². The van der Waals surface area contributed by atoms with E-state index in [1.807, 2.05) is 11.6 Å². The van der Waals surface area contributed by atoms with Crippen LogP contribution in [0.4, 0.5) is 5.82 Å². The van der Waals surface area contributed by atoms with Crippen molar-refractivity contribution in [3.05, 3.63) is 11.5 Å². The largest absolute Gasteiger partial charge is 0.384 e. The lowest BCUT2D eigenvalue weighted by Crippen LogP contribution is -2.17. The van der Waals surface area contributed by atoms with Gasteiger partial charge in [0.05, 0.1) is 5.69 Å². The third-order valence-corrected chi connectivity index (χ3v) is 3.40. The third-order valence-electron chi connectivity index (χ3n) is 3.40. The molecule has 0 aromatic carbocycles. The van der Waals surface area contributed by atoms with Crippen LogP contribution >= 0.6 is 0 Å². The van der Waals surface area contributed by atoms with Crippen LogP contribution in [0.15, 0.2) is 0 Å². The minimum Gasteiger partial charge on any atom is -0.384 e. The van der Waals surface area contributed by atoms with Crippen molar-refractivity contribution in [2.24, 2.45) is 7.05 Å². The summed E-state index contributed by atoms with van der Waals surface area (Å²) in [7, 11) is 2.02. The highest BCUT2D eigenvalue weighted by Gasteiger charge is 2.22. The standard InChI is InChI=1S/C15H29N3/c1-6-7-8-9-10-11-12-13(16)18(5)14(17-12)15(2,3)4/h6-11,16H2,1-5H3. The van der Waals surface area contributed by atoms with Gasteiger partial charge in [-0.2, -0.15) is 0 Å². The Balaban J connectivity index is 2.62. The number of nitrogens with zero attached hydrogens (tertiary/aromatic N) is 2. The molecule has 2 N–H and O–H groups in total. The van der Waals surface area contributed by atoms with Crippen LogP contribution in [0.2, 0.25) is 0 Å². The quantitative estimate of drug-likeness (QED) is 0.781. The van der Waals surface area contributed by atoms with Crippen molar-refractivity contribution in [2.45, 2.75) is 71.6 Å². The molecule has 0 radical (unpaired) electrons. The average Bonchev–Trinajstić information content (AvgIpc) is 2.56. The van der Waals surface area contributed by atoms with Crippen LogP contribution in [0, 0.1) is 0 Å². The van der Waals surface area contributed by atoms with E-state index in [2.05, 4.69) is 27.7 Å². The van der Waals surface area contributed by atoms with E-state index in [1.54, 1.807) is 0 Å². The molecule has 0 aliphatic rings. The molecule has 0 bridgehead atoms. The molecule has 1 rings (SSSR count). The van der Waals surface area contributed by atoms with Crippen LogP contribution in [-0.4, -0.2) is 9.55 Å². The molecule has 1 aromatic heterocycles. The van der Waals surface area contributed by atoms with E-state index in [9.17, 15) is 0 Å². The van der Waals surface area contributed by atoms with Crippen molar-refractivity contribution in [1.82, 2.24) is 9.55 Å². The number of nitrogen functional groups attached to an aromatic ring is 1. The first-order valence-electron chi connectivity index (χ1n) is 7.19. The number of imidazole rings is 1. The molecular weight excluding hydrogens is 222 g/mol. The van der Waals surface area contributed by atoms with Gasteiger partial charge in [0.25, 0.3) is 0 Å². The van der Waals surface area contributed by atoms with Gasteiger partial charge in [-0.15, -0.1) is 0 Å². The molecule has 1 heterocycles. The first-order chi connectivity index (χ1) is 8.38. The van der Waals surface area contributed by atoms with Crippen LogP contribution in [0.25, 0.3) is 0 Å². The van der Waals surface area contributed by atoms with Crippen molar-refractivity contribution >= 4 is 5.82 Å². The minimum atomic E-state index is 0.0589. The zero-order valence-corrected chi connectivity index (χ0v) is 12.7. The van der Waals surface area contributed by atoms with Gasteiger partial charge in [0.15, 0.2) is 0 Å². The van der Waals surface area contributed by atoms with Crippen LogP contribution in [0.3, 0.4) is 0 Å². The Morgan fingerprint density at radius 2 is 1.72 bits per heavy atom. The number of aryl methyl sites for hydroxylation is 1. The van der Waals surface area contributed by atoms with E-state index in [0.29, 0.717) is 0 Å². The smallest absolute Gasteiger partial charge is 0.126 e. The van der Waals surface area contributed by atoms with Gasteiger partial charge in [-0.1, -0.05) is 53.4 Å². The molecule has 0 aliphatic heterocycles. The number of anilines is 1. The lowest BCUT2D eigenvalue weighted by molar-refractivity contribution is 0.523. The fourth-order valence-electron chi connectivity index (χ4n) is 2.32. The summed E-state index contributed by atoms with van der Waals surface area (Å²) in [4.78, 5) is 4.74. The Morgan fingerprint density at radius 1 is 1.11 bits per heavy atom. The number of hydrogen-bond acceptors (Lipinski definition) is 2. The fourth-order valence-corrected chi connectivity index (χ4v) is 2.32. The van der Waals surface area contributed by atoms with Crippen molar-refractivity contribution in [3.8, 4) is 0 Å². The van der Waals surface area contributed by atoms with Crippen molar-refractivity contribution < 1.29 is 0 Å². The highest BCUT2D eigenvalue weighted by Crippen LogP contribution is 2.25. The first-order valence-corrected chi connectivity index (χ1v) is 7.19. The Bertz CT molecular complexity index is 372. The highest BCUT2D eigenvalue weighted by molar-refractivity contribution is 5.39. The maximum absolute atomic E-state index is 6.14. The molecular formula is C15H29N3. The fraction of sp³-hybridized carbons (Fsp3) is 0.800. The molecule has 18 heavy (non-hydrogen) atoms. The lowest BCUT2D eigenvalue weighted by atomic mass is 9.96. The van der Waals surface area contributed by atoms with Crippen molar-refractivity contribution in [3.63, 3.8) is 0 Å². The molecule has 3 nitrogen and oxygen atoms in total.